The fraction of sp³-hybridized carbons (Fsp3) is 0.583. The first-order valence-corrected chi connectivity index (χ1v) is 7.45. The number of morpholine rings is 1. The van der Waals surface area contributed by atoms with Gasteiger partial charge in [-0.1, -0.05) is 11.3 Å². The fourth-order valence-electron chi connectivity index (χ4n) is 2.39. The predicted molar refractivity (Wildman–Crippen MR) is 76.1 cm³/mol. The molecule has 1 N–H and O–H groups in total. The standard InChI is InChI=1S/C12H17N5O2S/c1-13-5-10-7-16(2-3-19-10)6-9-4-11(18)17-12(15-9)20-8-14-17/h4,8,10,13H,2-3,5-7H2,1H3. The van der Waals surface area contributed by atoms with E-state index < -0.39 is 0 Å². The molecule has 3 rings (SSSR count). The number of rotatable bonds is 4. The Kier molecular flexibility index (Phi) is 4.06. The Morgan fingerprint density at radius 3 is 3.35 bits per heavy atom. The molecule has 1 aliphatic heterocycles. The number of fused-ring (bicyclic) bond motifs is 1. The lowest BCUT2D eigenvalue weighted by molar-refractivity contribution is -0.0294. The lowest BCUT2D eigenvalue weighted by Crippen LogP contribution is -2.45. The highest BCUT2D eigenvalue weighted by Gasteiger charge is 2.20. The summed E-state index contributed by atoms with van der Waals surface area (Å²) >= 11 is 1.37. The topological polar surface area (TPSA) is 71.8 Å². The first-order chi connectivity index (χ1) is 9.76. The largest absolute Gasteiger partial charge is 0.374 e. The summed E-state index contributed by atoms with van der Waals surface area (Å²) in [5, 5.41) is 7.09. The molecule has 1 aliphatic rings. The van der Waals surface area contributed by atoms with Crippen LogP contribution in [0.15, 0.2) is 16.4 Å². The normalized spacial score (nSPS) is 20.6. The average Bonchev–Trinajstić information content (AvgIpc) is 2.88. The molecule has 2 aromatic rings. The van der Waals surface area contributed by atoms with Gasteiger partial charge in [0.05, 0.1) is 18.4 Å². The summed E-state index contributed by atoms with van der Waals surface area (Å²) in [4.78, 5) is 19.3. The molecular weight excluding hydrogens is 278 g/mol. The number of hydrogen-bond acceptors (Lipinski definition) is 7. The van der Waals surface area contributed by atoms with Crippen molar-refractivity contribution < 1.29 is 4.74 Å². The van der Waals surface area contributed by atoms with Crippen molar-refractivity contribution in [2.75, 3.05) is 33.3 Å². The summed E-state index contributed by atoms with van der Waals surface area (Å²) in [5.41, 5.74) is 2.31. The maximum Gasteiger partial charge on any atom is 0.275 e. The van der Waals surface area contributed by atoms with Crippen LogP contribution in [-0.4, -0.2) is 58.9 Å². The second kappa shape index (κ2) is 5.96. The van der Waals surface area contributed by atoms with Gasteiger partial charge in [0.1, 0.15) is 5.51 Å². The van der Waals surface area contributed by atoms with Gasteiger partial charge in [-0.15, -0.1) is 0 Å². The molecule has 108 valence electrons. The average molecular weight is 295 g/mol. The molecule has 2 aromatic heterocycles. The molecule has 0 radical (unpaired) electrons. The van der Waals surface area contributed by atoms with Crippen LogP contribution in [0.3, 0.4) is 0 Å². The van der Waals surface area contributed by atoms with Crippen molar-refractivity contribution in [3.05, 3.63) is 27.6 Å². The van der Waals surface area contributed by atoms with Crippen LogP contribution in [0, 0.1) is 0 Å². The summed E-state index contributed by atoms with van der Waals surface area (Å²) in [7, 11) is 1.92. The van der Waals surface area contributed by atoms with Crippen molar-refractivity contribution in [3.8, 4) is 0 Å². The van der Waals surface area contributed by atoms with Crippen molar-refractivity contribution in [1.82, 2.24) is 24.8 Å². The third-order valence-corrected chi connectivity index (χ3v) is 3.96. The van der Waals surface area contributed by atoms with Gasteiger partial charge in [-0.25, -0.2) is 4.98 Å². The lowest BCUT2D eigenvalue weighted by atomic mass is 10.2. The van der Waals surface area contributed by atoms with Gasteiger partial charge in [0.2, 0.25) is 4.96 Å². The molecule has 1 unspecified atom stereocenters. The van der Waals surface area contributed by atoms with Crippen molar-refractivity contribution >= 4 is 16.3 Å². The van der Waals surface area contributed by atoms with Crippen LogP contribution in [0.5, 0.6) is 0 Å². The van der Waals surface area contributed by atoms with Gasteiger partial charge in [-0.2, -0.15) is 9.61 Å². The van der Waals surface area contributed by atoms with E-state index in [0.717, 1.165) is 25.3 Å². The molecule has 0 saturated carbocycles. The first kappa shape index (κ1) is 13.6. The van der Waals surface area contributed by atoms with Crippen LogP contribution in [0.4, 0.5) is 0 Å². The minimum absolute atomic E-state index is 0.119. The molecule has 1 saturated heterocycles. The summed E-state index contributed by atoms with van der Waals surface area (Å²) in [6.45, 7) is 3.94. The lowest BCUT2D eigenvalue weighted by Gasteiger charge is -2.32. The Hall–Kier alpha value is -1.35. The minimum Gasteiger partial charge on any atom is -0.374 e. The van der Waals surface area contributed by atoms with Gasteiger partial charge in [0.15, 0.2) is 0 Å². The smallest absolute Gasteiger partial charge is 0.275 e. The summed E-state index contributed by atoms with van der Waals surface area (Å²) in [5.74, 6) is 0. The molecule has 8 heteroatoms. The van der Waals surface area contributed by atoms with Crippen molar-refractivity contribution in [2.24, 2.45) is 0 Å². The van der Waals surface area contributed by atoms with Crippen LogP contribution in [0.1, 0.15) is 5.69 Å². The third kappa shape index (κ3) is 2.88. The fourth-order valence-corrected chi connectivity index (χ4v) is 3.03. The summed E-state index contributed by atoms with van der Waals surface area (Å²) in [6, 6.07) is 1.56. The zero-order valence-electron chi connectivity index (χ0n) is 11.3. The van der Waals surface area contributed by atoms with Gasteiger partial charge < -0.3 is 10.1 Å². The molecule has 0 amide bonds. The number of ether oxygens (including phenoxy) is 1. The van der Waals surface area contributed by atoms with Crippen molar-refractivity contribution in [3.63, 3.8) is 0 Å². The van der Waals surface area contributed by atoms with E-state index in [4.69, 9.17) is 4.74 Å². The second-order valence-corrected chi connectivity index (χ2v) is 5.62. The molecule has 0 spiro atoms. The third-order valence-electron chi connectivity index (χ3n) is 3.28. The zero-order chi connectivity index (χ0) is 13.9. The van der Waals surface area contributed by atoms with E-state index >= 15 is 0 Å². The monoisotopic (exact) mass is 295 g/mol. The van der Waals surface area contributed by atoms with E-state index in [2.05, 4.69) is 20.3 Å². The van der Waals surface area contributed by atoms with Crippen molar-refractivity contribution in [2.45, 2.75) is 12.6 Å². The maximum absolute atomic E-state index is 11.9. The van der Waals surface area contributed by atoms with Gasteiger partial charge in [0.25, 0.3) is 5.56 Å². The number of nitrogens with one attached hydrogen (secondary N) is 1. The maximum atomic E-state index is 11.9. The number of aromatic nitrogens is 3. The van der Waals surface area contributed by atoms with E-state index in [1.807, 2.05) is 7.05 Å². The van der Waals surface area contributed by atoms with E-state index in [1.165, 1.54) is 15.9 Å². The number of nitrogens with zero attached hydrogens (tertiary/aromatic N) is 4. The van der Waals surface area contributed by atoms with Crippen LogP contribution >= 0.6 is 11.3 Å². The molecule has 3 heterocycles. The predicted octanol–water partition coefficient (Wildman–Crippen LogP) is -0.429. The van der Waals surface area contributed by atoms with Crippen LogP contribution < -0.4 is 10.9 Å². The van der Waals surface area contributed by atoms with Crippen LogP contribution in [-0.2, 0) is 11.3 Å². The van der Waals surface area contributed by atoms with E-state index in [1.54, 1.807) is 11.6 Å². The van der Waals surface area contributed by atoms with Gasteiger partial charge >= 0.3 is 0 Å². The second-order valence-electron chi connectivity index (χ2n) is 4.80. The van der Waals surface area contributed by atoms with Crippen LogP contribution in [0.25, 0.3) is 4.96 Å². The molecule has 1 atom stereocenters. The van der Waals surface area contributed by atoms with Crippen molar-refractivity contribution in [1.29, 1.82) is 0 Å². The van der Waals surface area contributed by atoms with Crippen LogP contribution in [0.2, 0.25) is 0 Å². The number of likely N-dealkylation sites (N-methyl/N-ethyl adjacent to an activating group) is 1. The van der Waals surface area contributed by atoms with Gasteiger partial charge in [-0.3, -0.25) is 9.69 Å². The summed E-state index contributed by atoms with van der Waals surface area (Å²) < 4.78 is 7.00. The molecule has 0 aliphatic carbocycles. The Morgan fingerprint density at radius 2 is 2.50 bits per heavy atom. The molecule has 7 nitrogen and oxygen atoms in total. The van der Waals surface area contributed by atoms with Gasteiger partial charge in [-0.05, 0) is 7.05 Å². The molecule has 0 bridgehead atoms. The molecular formula is C12H17N5O2S. The highest BCUT2D eigenvalue weighted by Crippen LogP contribution is 2.10. The molecule has 20 heavy (non-hydrogen) atoms. The number of hydrogen-bond donors (Lipinski definition) is 1. The van der Waals surface area contributed by atoms with E-state index in [-0.39, 0.29) is 11.7 Å². The zero-order valence-corrected chi connectivity index (χ0v) is 12.1. The minimum atomic E-state index is -0.119. The Morgan fingerprint density at radius 1 is 1.60 bits per heavy atom. The van der Waals surface area contributed by atoms with E-state index in [0.29, 0.717) is 18.1 Å². The Bertz CT molecular complexity index is 638. The highest BCUT2D eigenvalue weighted by molar-refractivity contribution is 7.14. The van der Waals surface area contributed by atoms with E-state index in [9.17, 15) is 4.79 Å². The van der Waals surface area contributed by atoms with Gasteiger partial charge in [0, 0.05) is 32.2 Å². The first-order valence-electron chi connectivity index (χ1n) is 6.57. The quantitative estimate of drug-likeness (QED) is 0.825. The Balaban J connectivity index is 1.73. The molecule has 0 aromatic carbocycles. The molecule has 1 fully saturated rings. The summed E-state index contributed by atoms with van der Waals surface area (Å²) in [6.07, 6.45) is 0.196. The highest BCUT2D eigenvalue weighted by atomic mass is 32.1. The SMILES string of the molecule is CNCC1CN(Cc2cc(=O)n3ncsc3n2)CCO1. The Labute approximate surface area is 120 Å².